The van der Waals surface area contributed by atoms with Crippen molar-refractivity contribution in [3.8, 4) is 0 Å². The zero-order valence-electron chi connectivity index (χ0n) is 15.1. The highest BCUT2D eigenvalue weighted by Crippen LogP contribution is 2.29. The van der Waals surface area contributed by atoms with E-state index in [0.29, 0.717) is 12.6 Å². The Morgan fingerprint density at radius 2 is 2.04 bits per heavy atom. The molecule has 4 heteroatoms. The van der Waals surface area contributed by atoms with Gasteiger partial charge in [0.2, 0.25) is 0 Å². The van der Waals surface area contributed by atoms with Crippen LogP contribution in [-0.4, -0.2) is 23.5 Å². The minimum absolute atomic E-state index is 0.549. The van der Waals surface area contributed by atoms with Gasteiger partial charge in [0, 0.05) is 18.8 Å². The van der Waals surface area contributed by atoms with Gasteiger partial charge < -0.3 is 10.6 Å². The van der Waals surface area contributed by atoms with E-state index in [4.69, 9.17) is 4.99 Å². The zero-order valence-corrected chi connectivity index (χ0v) is 15.1. The van der Waals surface area contributed by atoms with E-state index in [2.05, 4.69) is 49.4 Å². The molecule has 0 amide bonds. The smallest absolute Gasteiger partial charge is 0.191 e. The van der Waals surface area contributed by atoms with E-state index >= 15 is 0 Å². The summed E-state index contributed by atoms with van der Waals surface area (Å²) in [5.74, 6) is 2.62. The lowest BCUT2D eigenvalue weighted by Crippen LogP contribution is -2.45. The maximum absolute atomic E-state index is 4.72. The second-order valence-corrected chi connectivity index (χ2v) is 6.96. The van der Waals surface area contributed by atoms with Crippen molar-refractivity contribution in [3.05, 3.63) is 29.6 Å². The summed E-state index contributed by atoms with van der Waals surface area (Å²) >= 11 is 0. The molecular formula is C19H32N4. The third kappa shape index (κ3) is 5.52. The summed E-state index contributed by atoms with van der Waals surface area (Å²) in [5.41, 5.74) is 2.25. The van der Waals surface area contributed by atoms with Gasteiger partial charge in [0.1, 0.15) is 0 Å². The standard InChI is InChI=1S/C19H32N4/c1-5-20-19(22-13-18-15(4)7-6-12-21-18)23-17-10-8-16(9-11-17)14(2)3/h6-7,12,14,16-17H,5,8-11,13H2,1-4H3,(H2,20,22,23). The summed E-state index contributed by atoms with van der Waals surface area (Å²) in [5, 5.41) is 6.98. The molecule has 23 heavy (non-hydrogen) atoms. The fraction of sp³-hybridized carbons (Fsp3) is 0.684. The Balaban J connectivity index is 1.91. The lowest BCUT2D eigenvalue weighted by molar-refractivity contribution is 0.250. The molecular weight excluding hydrogens is 284 g/mol. The lowest BCUT2D eigenvalue weighted by Gasteiger charge is -2.32. The monoisotopic (exact) mass is 316 g/mol. The molecule has 128 valence electrons. The molecule has 1 aliphatic rings. The third-order valence-corrected chi connectivity index (χ3v) is 4.90. The molecule has 1 aromatic heterocycles. The highest BCUT2D eigenvalue weighted by molar-refractivity contribution is 5.80. The molecule has 0 saturated heterocycles. The zero-order chi connectivity index (χ0) is 16.7. The molecule has 0 aliphatic heterocycles. The van der Waals surface area contributed by atoms with Gasteiger partial charge in [-0.2, -0.15) is 0 Å². The van der Waals surface area contributed by atoms with Gasteiger partial charge >= 0.3 is 0 Å². The summed E-state index contributed by atoms with van der Waals surface area (Å²) in [6.07, 6.45) is 6.99. The van der Waals surface area contributed by atoms with E-state index in [1.54, 1.807) is 0 Å². The summed E-state index contributed by atoms with van der Waals surface area (Å²) < 4.78 is 0. The summed E-state index contributed by atoms with van der Waals surface area (Å²) in [6.45, 7) is 10.4. The number of hydrogen-bond donors (Lipinski definition) is 2. The van der Waals surface area contributed by atoms with Gasteiger partial charge in [0.25, 0.3) is 0 Å². The molecule has 0 atom stereocenters. The fourth-order valence-electron chi connectivity index (χ4n) is 3.28. The van der Waals surface area contributed by atoms with Crippen molar-refractivity contribution in [2.75, 3.05) is 6.54 Å². The van der Waals surface area contributed by atoms with Crippen LogP contribution in [0.4, 0.5) is 0 Å². The number of aromatic nitrogens is 1. The minimum Gasteiger partial charge on any atom is -0.357 e. The van der Waals surface area contributed by atoms with Crippen LogP contribution >= 0.6 is 0 Å². The first-order valence-electron chi connectivity index (χ1n) is 9.05. The highest BCUT2D eigenvalue weighted by atomic mass is 15.2. The van der Waals surface area contributed by atoms with E-state index in [1.165, 1.54) is 31.2 Å². The summed E-state index contributed by atoms with van der Waals surface area (Å²) in [7, 11) is 0. The van der Waals surface area contributed by atoms with Gasteiger partial charge in [-0.25, -0.2) is 4.99 Å². The van der Waals surface area contributed by atoms with Crippen LogP contribution in [0.3, 0.4) is 0 Å². The van der Waals surface area contributed by atoms with Gasteiger partial charge in [0.15, 0.2) is 5.96 Å². The van der Waals surface area contributed by atoms with Crippen molar-refractivity contribution in [1.29, 1.82) is 0 Å². The van der Waals surface area contributed by atoms with Crippen LogP contribution in [0, 0.1) is 18.8 Å². The number of hydrogen-bond acceptors (Lipinski definition) is 2. The number of guanidine groups is 1. The van der Waals surface area contributed by atoms with E-state index < -0.39 is 0 Å². The first-order valence-corrected chi connectivity index (χ1v) is 9.05. The molecule has 0 bridgehead atoms. The predicted molar refractivity (Wildman–Crippen MR) is 97.5 cm³/mol. The van der Waals surface area contributed by atoms with Gasteiger partial charge in [-0.3, -0.25) is 4.98 Å². The maximum atomic E-state index is 4.72. The SMILES string of the molecule is CCNC(=NCc1ncccc1C)NC1CCC(C(C)C)CC1. The second kappa shape index (κ2) is 8.90. The number of aryl methyl sites for hydroxylation is 1. The normalized spacial score (nSPS) is 22.2. The van der Waals surface area contributed by atoms with Crippen LogP contribution in [0.2, 0.25) is 0 Å². The molecule has 0 spiro atoms. The summed E-state index contributed by atoms with van der Waals surface area (Å²) in [6, 6.07) is 4.61. The van der Waals surface area contributed by atoms with Crippen molar-refractivity contribution in [1.82, 2.24) is 15.6 Å². The van der Waals surface area contributed by atoms with Crippen LogP contribution in [-0.2, 0) is 6.54 Å². The van der Waals surface area contributed by atoms with Crippen molar-refractivity contribution in [2.24, 2.45) is 16.8 Å². The van der Waals surface area contributed by atoms with Crippen LogP contribution in [0.15, 0.2) is 23.3 Å². The highest BCUT2D eigenvalue weighted by Gasteiger charge is 2.23. The number of pyridine rings is 1. The van der Waals surface area contributed by atoms with E-state index in [0.717, 1.165) is 30.0 Å². The summed E-state index contributed by atoms with van der Waals surface area (Å²) in [4.78, 5) is 9.15. The Morgan fingerprint density at radius 3 is 2.65 bits per heavy atom. The Labute approximate surface area is 141 Å². The Morgan fingerprint density at radius 1 is 1.30 bits per heavy atom. The van der Waals surface area contributed by atoms with Crippen LogP contribution in [0.25, 0.3) is 0 Å². The number of rotatable bonds is 5. The first-order chi connectivity index (χ1) is 11.1. The average Bonchev–Trinajstić information content (AvgIpc) is 2.54. The van der Waals surface area contributed by atoms with Crippen molar-refractivity contribution in [2.45, 2.75) is 66.0 Å². The topological polar surface area (TPSA) is 49.3 Å². The van der Waals surface area contributed by atoms with Gasteiger partial charge in [-0.1, -0.05) is 19.9 Å². The predicted octanol–water partition coefficient (Wildman–Crippen LogP) is 3.66. The molecule has 1 saturated carbocycles. The average molecular weight is 316 g/mol. The second-order valence-electron chi connectivity index (χ2n) is 6.96. The number of nitrogens with one attached hydrogen (secondary N) is 2. The number of aliphatic imine (C=N–C) groups is 1. The van der Waals surface area contributed by atoms with Crippen molar-refractivity contribution >= 4 is 5.96 Å². The van der Waals surface area contributed by atoms with Crippen molar-refractivity contribution < 1.29 is 0 Å². The Hall–Kier alpha value is -1.58. The molecule has 2 rings (SSSR count). The van der Waals surface area contributed by atoms with E-state index in [1.807, 2.05) is 12.3 Å². The first kappa shape index (κ1) is 17.8. The molecule has 1 heterocycles. The number of nitrogens with zero attached hydrogens (tertiary/aromatic N) is 2. The van der Waals surface area contributed by atoms with Crippen LogP contribution < -0.4 is 10.6 Å². The molecule has 4 nitrogen and oxygen atoms in total. The molecule has 1 aliphatic carbocycles. The van der Waals surface area contributed by atoms with E-state index in [9.17, 15) is 0 Å². The van der Waals surface area contributed by atoms with Crippen molar-refractivity contribution in [3.63, 3.8) is 0 Å². The quantitative estimate of drug-likeness (QED) is 0.644. The largest absolute Gasteiger partial charge is 0.357 e. The van der Waals surface area contributed by atoms with Crippen LogP contribution in [0.5, 0.6) is 0 Å². The van der Waals surface area contributed by atoms with Gasteiger partial charge in [0.05, 0.1) is 12.2 Å². The van der Waals surface area contributed by atoms with Crippen LogP contribution in [0.1, 0.15) is 57.7 Å². The molecule has 0 aromatic carbocycles. The molecule has 0 radical (unpaired) electrons. The Bertz CT molecular complexity index is 502. The molecule has 1 fully saturated rings. The minimum atomic E-state index is 0.549. The molecule has 1 aromatic rings. The lowest BCUT2D eigenvalue weighted by atomic mass is 9.80. The fourth-order valence-corrected chi connectivity index (χ4v) is 3.28. The third-order valence-electron chi connectivity index (χ3n) is 4.90. The van der Waals surface area contributed by atoms with Gasteiger partial charge in [-0.15, -0.1) is 0 Å². The molecule has 0 unspecified atom stereocenters. The van der Waals surface area contributed by atoms with Gasteiger partial charge in [-0.05, 0) is 63.0 Å². The molecule has 2 N–H and O–H groups in total. The van der Waals surface area contributed by atoms with E-state index in [-0.39, 0.29) is 0 Å². The Kier molecular flexibility index (Phi) is 6.87. The maximum Gasteiger partial charge on any atom is 0.191 e.